The molecule has 0 saturated heterocycles. The minimum atomic E-state index is -0.251. The molecule has 1 fully saturated rings. The van der Waals surface area contributed by atoms with Gasteiger partial charge in [0.25, 0.3) is 5.91 Å². The molecule has 0 bridgehead atoms. The summed E-state index contributed by atoms with van der Waals surface area (Å²) in [5, 5.41) is 3.22. The number of rotatable bonds is 3. The zero-order valence-electron chi connectivity index (χ0n) is 12.2. The molecule has 110 valence electrons. The normalized spacial score (nSPS) is 26.3. The Balaban J connectivity index is 2.23. The van der Waals surface area contributed by atoms with E-state index in [-0.39, 0.29) is 11.4 Å². The van der Waals surface area contributed by atoms with Crippen LogP contribution in [-0.2, 0) is 0 Å². The van der Waals surface area contributed by atoms with Crippen LogP contribution >= 0.6 is 15.9 Å². The molecule has 20 heavy (non-hydrogen) atoms. The maximum atomic E-state index is 12.6. The minimum absolute atomic E-state index is 0.0280. The van der Waals surface area contributed by atoms with Gasteiger partial charge in [0, 0.05) is 11.0 Å². The first-order chi connectivity index (χ1) is 9.48. The van der Waals surface area contributed by atoms with Crippen molar-refractivity contribution in [1.29, 1.82) is 0 Å². The van der Waals surface area contributed by atoms with Crippen LogP contribution in [0.1, 0.15) is 48.5 Å². The largest absolute Gasteiger partial charge is 0.345 e. The third-order valence-electron chi connectivity index (χ3n) is 4.55. The van der Waals surface area contributed by atoms with Gasteiger partial charge < -0.3 is 11.1 Å². The van der Waals surface area contributed by atoms with Crippen molar-refractivity contribution in [3.05, 3.63) is 33.8 Å². The van der Waals surface area contributed by atoms with Crippen molar-refractivity contribution >= 4 is 21.8 Å². The Labute approximate surface area is 129 Å². The molecule has 2 rings (SSSR count). The van der Waals surface area contributed by atoms with Gasteiger partial charge in [-0.15, -0.1) is 0 Å². The lowest BCUT2D eigenvalue weighted by atomic mass is 9.73. The number of halogens is 1. The van der Waals surface area contributed by atoms with Crippen LogP contribution in [0.2, 0.25) is 0 Å². The average Bonchev–Trinajstić information content (AvgIpc) is 2.44. The summed E-state index contributed by atoms with van der Waals surface area (Å²) in [6, 6.07) is 5.82. The molecular formula is C16H23BrN2O. The van der Waals surface area contributed by atoms with E-state index in [0.29, 0.717) is 18.0 Å². The number of hydrogen-bond donors (Lipinski definition) is 2. The van der Waals surface area contributed by atoms with E-state index >= 15 is 0 Å². The van der Waals surface area contributed by atoms with Crippen molar-refractivity contribution in [2.45, 2.75) is 45.1 Å². The lowest BCUT2D eigenvalue weighted by Crippen LogP contribution is -2.59. The van der Waals surface area contributed by atoms with Gasteiger partial charge in [-0.2, -0.15) is 0 Å². The number of nitrogens with one attached hydrogen (secondary N) is 1. The molecule has 0 aliphatic heterocycles. The van der Waals surface area contributed by atoms with Crippen LogP contribution in [0.15, 0.2) is 22.7 Å². The summed E-state index contributed by atoms with van der Waals surface area (Å²) in [6.07, 6.45) is 4.47. The fourth-order valence-electron chi connectivity index (χ4n) is 3.06. The molecule has 0 heterocycles. The summed E-state index contributed by atoms with van der Waals surface area (Å²) in [6.45, 7) is 4.69. The van der Waals surface area contributed by atoms with E-state index in [0.717, 1.165) is 29.3 Å². The van der Waals surface area contributed by atoms with Gasteiger partial charge in [-0.05, 0) is 53.7 Å². The van der Waals surface area contributed by atoms with Crippen LogP contribution in [-0.4, -0.2) is 18.0 Å². The molecule has 3 N–H and O–H groups in total. The van der Waals surface area contributed by atoms with Gasteiger partial charge in [-0.1, -0.05) is 31.4 Å². The summed E-state index contributed by atoms with van der Waals surface area (Å²) >= 11 is 3.46. The highest BCUT2D eigenvalue weighted by atomic mass is 79.9. The molecule has 2 unspecified atom stereocenters. The third kappa shape index (κ3) is 3.07. The number of aryl methyl sites for hydroxylation is 1. The molecule has 1 saturated carbocycles. The molecule has 4 heteroatoms. The summed E-state index contributed by atoms with van der Waals surface area (Å²) in [5.74, 6) is 0.397. The quantitative estimate of drug-likeness (QED) is 0.887. The number of carbonyl (C=O) groups is 1. The van der Waals surface area contributed by atoms with Crippen LogP contribution in [0, 0.1) is 12.8 Å². The first-order valence-corrected chi connectivity index (χ1v) is 8.06. The van der Waals surface area contributed by atoms with Crippen molar-refractivity contribution in [3.8, 4) is 0 Å². The van der Waals surface area contributed by atoms with Crippen molar-refractivity contribution in [2.75, 3.05) is 6.54 Å². The van der Waals surface area contributed by atoms with Crippen molar-refractivity contribution < 1.29 is 4.79 Å². The van der Waals surface area contributed by atoms with Crippen LogP contribution in [0.4, 0.5) is 0 Å². The van der Waals surface area contributed by atoms with Crippen molar-refractivity contribution in [2.24, 2.45) is 11.7 Å². The highest BCUT2D eigenvalue weighted by Gasteiger charge is 2.38. The first-order valence-electron chi connectivity index (χ1n) is 7.27. The Morgan fingerprint density at radius 2 is 2.25 bits per heavy atom. The number of amides is 1. The predicted molar refractivity (Wildman–Crippen MR) is 85.8 cm³/mol. The molecule has 1 amide bonds. The standard InChI is InChI=1S/C16H23BrN2O/c1-11-6-7-14(17)13(9-11)15(20)19-16(10-18)8-4-3-5-12(16)2/h6-7,9,12H,3-5,8,10,18H2,1-2H3,(H,19,20). The van der Waals surface area contributed by atoms with Gasteiger partial charge >= 0.3 is 0 Å². The molecule has 0 spiro atoms. The van der Waals surface area contributed by atoms with Crippen LogP contribution in [0.3, 0.4) is 0 Å². The van der Waals surface area contributed by atoms with Crippen LogP contribution < -0.4 is 11.1 Å². The molecule has 1 aliphatic carbocycles. The number of carbonyl (C=O) groups excluding carboxylic acids is 1. The fraction of sp³-hybridized carbons (Fsp3) is 0.562. The van der Waals surface area contributed by atoms with E-state index in [1.54, 1.807) is 0 Å². The van der Waals surface area contributed by atoms with Crippen molar-refractivity contribution in [3.63, 3.8) is 0 Å². The highest BCUT2D eigenvalue weighted by molar-refractivity contribution is 9.10. The number of hydrogen-bond acceptors (Lipinski definition) is 2. The van der Waals surface area contributed by atoms with E-state index in [1.807, 2.05) is 25.1 Å². The number of benzene rings is 1. The predicted octanol–water partition coefficient (Wildman–Crippen LogP) is 3.39. The molecule has 0 radical (unpaired) electrons. The topological polar surface area (TPSA) is 55.1 Å². The van der Waals surface area contributed by atoms with E-state index in [2.05, 4.69) is 28.2 Å². The molecule has 1 aromatic carbocycles. The van der Waals surface area contributed by atoms with Gasteiger partial charge in [0.1, 0.15) is 0 Å². The summed E-state index contributed by atoms with van der Waals surface area (Å²) in [4.78, 5) is 12.6. The average molecular weight is 339 g/mol. The highest BCUT2D eigenvalue weighted by Crippen LogP contribution is 2.33. The second kappa shape index (κ2) is 6.27. The van der Waals surface area contributed by atoms with Crippen LogP contribution in [0.5, 0.6) is 0 Å². The lowest BCUT2D eigenvalue weighted by molar-refractivity contribution is 0.0812. The van der Waals surface area contributed by atoms with Gasteiger partial charge in [0.2, 0.25) is 0 Å². The number of nitrogens with two attached hydrogens (primary N) is 1. The van der Waals surface area contributed by atoms with E-state index < -0.39 is 0 Å². The molecular weight excluding hydrogens is 316 g/mol. The maximum Gasteiger partial charge on any atom is 0.252 e. The van der Waals surface area contributed by atoms with Gasteiger partial charge in [-0.3, -0.25) is 4.79 Å². The first kappa shape index (κ1) is 15.5. The zero-order valence-corrected chi connectivity index (χ0v) is 13.8. The van der Waals surface area contributed by atoms with E-state index in [4.69, 9.17) is 5.73 Å². The van der Waals surface area contributed by atoms with Gasteiger partial charge in [0.05, 0.1) is 11.1 Å². The van der Waals surface area contributed by atoms with Crippen molar-refractivity contribution in [1.82, 2.24) is 5.32 Å². The van der Waals surface area contributed by atoms with Gasteiger partial charge in [-0.25, -0.2) is 0 Å². The Kier molecular flexibility index (Phi) is 4.86. The Morgan fingerprint density at radius 1 is 1.50 bits per heavy atom. The zero-order chi connectivity index (χ0) is 14.8. The van der Waals surface area contributed by atoms with Gasteiger partial charge in [0.15, 0.2) is 0 Å². The summed E-state index contributed by atoms with van der Waals surface area (Å²) in [7, 11) is 0. The molecule has 1 aromatic rings. The molecule has 3 nitrogen and oxygen atoms in total. The smallest absolute Gasteiger partial charge is 0.252 e. The second-order valence-corrected chi connectivity index (χ2v) is 6.80. The molecule has 2 atom stereocenters. The van der Waals surface area contributed by atoms with Crippen LogP contribution in [0.25, 0.3) is 0 Å². The molecule has 0 aromatic heterocycles. The Morgan fingerprint density at radius 3 is 2.90 bits per heavy atom. The second-order valence-electron chi connectivity index (χ2n) is 5.94. The fourth-order valence-corrected chi connectivity index (χ4v) is 3.49. The lowest BCUT2D eigenvalue weighted by Gasteiger charge is -2.42. The SMILES string of the molecule is Cc1ccc(Br)c(C(=O)NC2(CN)CCCCC2C)c1. The minimum Gasteiger partial charge on any atom is -0.345 e. The maximum absolute atomic E-state index is 12.6. The van der Waals surface area contributed by atoms with E-state index in [1.165, 1.54) is 6.42 Å². The summed E-state index contributed by atoms with van der Waals surface area (Å²) < 4.78 is 0.830. The Bertz CT molecular complexity index is 503. The monoisotopic (exact) mass is 338 g/mol. The Hall–Kier alpha value is -0.870. The van der Waals surface area contributed by atoms with E-state index in [9.17, 15) is 4.79 Å². The third-order valence-corrected chi connectivity index (χ3v) is 5.24. The molecule has 1 aliphatic rings. The summed E-state index contributed by atoms with van der Waals surface area (Å²) in [5.41, 5.74) is 7.52.